The highest BCUT2D eigenvalue weighted by atomic mass is 16.5. The first-order valence-corrected chi connectivity index (χ1v) is 8.96. The van der Waals surface area contributed by atoms with Gasteiger partial charge < -0.3 is 14.5 Å². The summed E-state index contributed by atoms with van der Waals surface area (Å²) >= 11 is 0. The second-order valence-electron chi connectivity index (χ2n) is 6.89. The summed E-state index contributed by atoms with van der Waals surface area (Å²) in [5, 5.41) is 3.07. The number of hydrogen-bond donors (Lipinski definition) is 1. The number of para-hydroxylation sites is 2. The molecule has 0 fully saturated rings. The van der Waals surface area contributed by atoms with Crippen molar-refractivity contribution in [2.24, 2.45) is 5.92 Å². The molecule has 0 radical (unpaired) electrons. The molecule has 0 spiro atoms. The van der Waals surface area contributed by atoms with Gasteiger partial charge in [-0.25, -0.2) is 4.79 Å². The maximum Gasteiger partial charge on any atom is 0.420 e. The van der Waals surface area contributed by atoms with Crippen molar-refractivity contribution in [2.45, 2.75) is 32.9 Å². The number of amides is 1. The molecule has 6 heteroatoms. The standard InChI is InChI=1S/C21H24N2O4/c1-13(2)19(15-9-11-16(26-4)12-10-15)22-20(24)14(3)23-17-7-5-6-8-18(17)27-21(23)25/h5-14,19H,1-4H3,(H,22,24). The van der Waals surface area contributed by atoms with E-state index in [1.54, 1.807) is 32.2 Å². The summed E-state index contributed by atoms with van der Waals surface area (Å²) in [5.41, 5.74) is 2.06. The van der Waals surface area contributed by atoms with E-state index in [2.05, 4.69) is 5.32 Å². The number of fused-ring (bicyclic) bond motifs is 1. The van der Waals surface area contributed by atoms with E-state index in [0.717, 1.165) is 11.3 Å². The average molecular weight is 368 g/mol. The number of methoxy groups -OCH3 is 1. The third kappa shape index (κ3) is 3.74. The van der Waals surface area contributed by atoms with Gasteiger partial charge in [-0.05, 0) is 42.7 Å². The van der Waals surface area contributed by atoms with Gasteiger partial charge in [0.05, 0.1) is 18.7 Å². The molecule has 0 saturated heterocycles. The van der Waals surface area contributed by atoms with Crippen molar-refractivity contribution in [2.75, 3.05) is 7.11 Å². The molecular formula is C21H24N2O4. The summed E-state index contributed by atoms with van der Waals surface area (Å²) in [6.07, 6.45) is 0. The van der Waals surface area contributed by atoms with Crippen LogP contribution >= 0.6 is 0 Å². The van der Waals surface area contributed by atoms with Gasteiger partial charge in [0.25, 0.3) is 0 Å². The molecule has 27 heavy (non-hydrogen) atoms. The van der Waals surface area contributed by atoms with E-state index in [1.165, 1.54) is 4.57 Å². The molecule has 1 aromatic heterocycles. The Hall–Kier alpha value is -3.02. The minimum absolute atomic E-state index is 0.173. The fourth-order valence-corrected chi connectivity index (χ4v) is 3.19. The molecule has 1 N–H and O–H groups in total. The van der Waals surface area contributed by atoms with Crippen LogP contribution in [0.1, 0.15) is 38.4 Å². The number of benzene rings is 2. The predicted molar refractivity (Wildman–Crippen MR) is 104 cm³/mol. The number of rotatable bonds is 6. The lowest BCUT2D eigenvalue weighted by molar-refractivity contribution is -0.125. The van der Waals surface area contributed by atoms with Crippen LogP contribution < -0.4 is 15.8 Å². The number of nitrogens with one attached hydrogen (secondary N) is 1. The summed E-state index contributed by atoms with van der Waals surface area (Å²) in [5.74, 6) is 0.160. The Bertz CT molecular complexity index is 985. The number of hydrogen-bond acceptors (Lipinski definition) is 4. The van der Waals surface area contributed by atoms with E-state index < -0.39 is 11.8 Å². The molecule has 0 saturated carbocycles. The van der Waals surface area contributed by atoms with E-state index in [-0.39, 0.29) is 17.9 Å². The van der Waals surface area contributed by atoms with Gasteiger partial charge in [-0.1, -0.05) is 38.1 Å². The van der Waals surface area contributed by atoms with Gasteiger partial charge in [-0.15, -0.1) is 0 Å². The molecule has 6 nitrogen and oxygen atoms in total. The smallest absolute Gasteiger partial charge is 0.420 e. The van der Waals surface area contributed by atoms with Crippen molar-refractivity contribution in [1.29, 1.82) is 0 Å². The zero-order valence-corrected chi connectivity index (χ0v) is 15.9. The lowest BCUT2D eigenvalue weighted by Crippen LogP contribution is -2.38. The predicted octanol–water partition coefficient (Wildman–Crippen LogP) is 3.68. The average Bonchev–Trinajstić information content (AvgIpc) is 3.00. The zero-order valence-electron chi connectivity index (χ0n) is 15.9. The molecule has 0 aliphatic rings. The number of carbonyl (C=O) groups is 1. The fraction of sp³-hybridized carbons (Fsp3) is 0.333. The van der Waals surface area contributed by atoms with E-state index in [4.69, 9.17) is 9.15 Å². The van der Waals surface area contributed by atoms with E-state index >= 15 is 0 Å². The second kappa shape index (κ2) is 7.70. The largest absolute Gasteiger partial charge is 0.497 e. The van der Waals surface area contributed by atoms with Crippen LogP contribution in [-0.2, 0) is 4.79 Å². The molecule has 2 aromatic carbocycles. The fourth-order valence-electron chi connectivity index (χ4n) is 3.19. The normalized spacial score (nSPS) is 13.5. The molecule has 2 unspecified atom stereocenters. The molecule has 0 aliphatic heterocycles. The number of nitrogens with zero attached hydrogens (tertiary/aromatic N) is 1. The molecule has 3 aromatic rings. The number of aromatic nitrogens is 1. The van der Waals surface area contributed by atoms with E-state index in [0.29, 0.717) is 11.1 Å². The van der Waals surface area contributed by atoms with Crippen molar-refractivity contribution in [3.05, 3.63) is 64.6 Å². The summed E-state index contributed by atoms with van der Waals surface area (Å²) in [7, 11) is 1.62. The topological polar surface area (TPSA) is 73.5 Å². The SMILES string of the molecule is COc1ccc(C(NC(=O)C(C)n2c(=O)oc3ccccc32)C(C)C)cc1. The minimum atomic E-state index is -0.694. The highest BCUT2D eigenvalue weighted by Crippen LogP contribution is 2.25. The van der Waals surface area contributed by atoms with Crippen LogP contribution in [-0.4, -0.2) is 17.6 Å². The molecule has 3 rings (SSSR count). The molecule has 1 amide bonds. The van der Waals surface area contributed by atoms with Gasteiger partial charge in [0.15, 0.2) is 5.58 Å². The quantitative estimate of drug-likeness (QED) is 0.720. The first-order chi connectivity index (χ1) is 12.9. The van der Waals surface area contributed by atoms with Crippen LogP contribution in [0.15, 0.2) is 57.7 Å². The summed E-state index contributed by atoms with van der Waals surface area (Å²) in [6.45, 7) is 5.78. The lowest BCUT2D eigenvalue weighted by Gasteiger charge is -2.25. The van der Waals surface area contributed by atoms with Gasteiger partial charge in [-0.2, -0.15) is 0 Å². The molecule has 0 aliphatic carbocycles. The van der Waals surface area contributed by atoms with Gasteiger partial charge in [0.1, 0.15) is 11.8 Å². The highest BCUT2D eigenvalue weighted by Gasteiger charge is 2.25. The van der Waals surface area contributed by atoms with Gasteiger partial charge in [-0.3, -0.25) is 9.36 Å². The van der Waals surface area contributed by atoms with Gasteiger partial charge in [0.2, 0.25) is 5.91 Å². The zero-order chi connectivity index (χ0) is 19.6. The molecule has 2 atom stereocenters. The Balaban J connectivity index is 1.86. The summed E-state index contributed by atoms with van der Waals surface area (Å²) in [6, 6.07) is 13.8. The Morgan fingerprint density at radius 2 is 1.74 bits per heavy atom. The molecular weight excluding hydrogens is 344 g/mol. The molecule has 0 bridgehead atoms. The number of oxazole rings is 1. The third-order valence-corrected chi connectivity index (χ3v) is 4.72. The second-order valence-corrected chi connectivity index (χ2v) is 6.89. The van der Waals surface area contributed by atoms with Crippen LogP contribution in [0.2, 0.25) is 0 Å². The minimum Gasteiger partial charge on any atom is -0.497 e. The Labute approximate surface area is 157 Å². The van der Waals surface area contributed by atoms with E-state index in [9.17, 15) is 9.59 Å². The van der Waals surface area contributed by atoms with Crippen molar-refractivity contribution in [1.82, 2.24) is 9.88 Å². The third-order valence-electron chi connectivity index (χ3n) is 4.72. The van der Waals surface area contributed by atoms with Gasteiger partial charge >= 0.3 is 5.76 Å². The van der Waals surface area contributed by atoms with Gasteiger partial charge in [0, 0.05) is 0 Å². The summed E-state index contributed by atoms with van der Waals surface area (Å²) < 4.78 is 11.8. The highest BCUT2D eigenvalue weighted by molar-refractivity contribution is 5.83. The Morgan fingerprint density at radius 3 is 2.37 bits per heavy atom. The molecule has 142 valence electrons. The van der Waals surface area contributed by atoms with Crippen LogP contribution in [0.4, 0.5) is 0 Å². The number of carbonyl (C=O) groups excluding carboxylic acids is 1. The first kappa shape index (κ1) is 18.8. The monoisotopic (exact) mass is 368 g/mol. The van der Waals surface area contributed by atoms with Crippen LogP contribution in [0.5, 0.6) is 5.75 Å². The number of ether oxygens (including phenoxy) is 1. The van der Waals surface area contributed by atoms with Crippen LogP contribution in [0.3, 0.4) is 0 Å². The van der Waals surface area contributed by atoms with Crippen molar-refractivity contribution in [3.63, 3.8) is 0 Å². The van der Waals surface area contributed by atoms with Crippen molar-refractivity contribution >= 4 is 17.0 Å². The summed E-state index contributed by atoms with van der Waals surface area (Å²) in [4.78, 5) is 25.2. The lowest BCUT2D eigenvalue weighted by atomic mass is 9.95. The van der Waals surface area contributed by atoms with Crippen molar-refractivity contribution in [3.8, 4) is 5.75 Å². The Morgan fingerprint density at radius 1 is 1.07 bits per heavy atom. The maximum atomic E-state index is 12.9. The first-order valence-electron chi connectivity index (χ1n) is 8.96. The van der Waals surface area contributed by atoms with Crippen LogP contribution in [0, 0.1) is 5.92 Å². The maximum absolute atomic E-state index is 12.9. The molecule has 1 heterocycles. The Kier molecular flexibility index (Phi) is 5.35. The van der Waals surface area contributed by atoms with Crippen LogP contribution in [0.25, 0.3) is 11.1 Å². The van der Waals surface area contributed by atoms with E-state index in [1.807, 2.05) is 44.2 Å². The van der Waals surface area contributed by atoms with Crippen molar-refractivity contribution < 1.29 is 13.9 Å².